The third-order valence-corrected chi connectivity index (χ3v) is 4.60. The summed E-state index contributed by atoms with van der Waals surface area (Å²) in [6.45, 7) is 5.01. The van der Waals surface area contributed by atoms with Gasteiger partial charge in [0, 0.05) is 12.6 Å². The van der Waals surface area contributed by atoms with Crippen molar-refractivity contribution in [2.45, 2.75) is 76.2 Å². The van der Waals surface area contributed by atoms with Crippen LogP contribution in [0.1, 0.15) is 52.4 Å². The fourth-order valence-corrected chi connectivity index (χ4v) is 3.36. The van der Waals surface area contributed by atoms with Gasteiger partial charge in [0.15, 0.2) is 0 Å². The lowest BCUT2D eigenvalue weighted by atomic mass is 9.87. The summed E-state index contributed by atoms with van der Waals surface area (Å²) in [5.74, 6) is 0.362. The van der Waals surface area contributed by atoms with Crippen LogP contribution in [0.5, 0.6) is 0 Å². The van der Waals surface area contributed by atoms with E-state index in [1.165, 1.54) is 0 Å². The van der Waals surface area contributed by atoms with E-state index in [0.29, 0.717) is 18.1 Å². The lowest BCUT2D eigenvalue weighted by Gasteiger charge is -2.43. The van der Waals surface area contributed by atoms with Gasteiger partial charge in [-0.3, -0.25) is 10.1 Å². The van der Waals surface area contributed by atoms with Gasteiger partial charge in [0.25, 0.3) is 0 Å². The van der Waals surface area contributed by atoms with Crippen LogP contribution in [0.2, 0.25) is 0 Å². The third-order valence-electron chi connectivity index (χ3n) is 4.60. The molecule has 1 saturated heterocycles. The molecule has 4 nitrogen and oxygen atoms in total. The molecule has 1 unspecified atom stereocenters. The van der Waals surface area contributed by atoms with Crippen molar-refractivity contribution in [2.75, 3.05) is 6.61 Å². The molecule has 3 aliphatic rings. The normalized spacial score (nSPS) is 37.1. The number of ether oxygens (including phenoxy) is 1. The molecule has 3 rings (SSSR count). The number of rotatable bonds is 5. The molecule has 0 aromatic heterocycles. The monoisotopic (exact) mass is 252 g/mol. The van der Waals surface area contributed by atoms with E-state index >= 15 is 0 Å². The Hall–Kier alpha value is -0.610. The van der Waals surface area contributed by atoms with Gasteiger partial charge in [0.05, 0.1) is 17.8 Å². The first kappa shape index (κ1) is 12.4. The van der Waals surface area contributed by atoms with E-state index in [9.17, 15) is 4.79 Å². The summed E-state index contributed by atoms with van der Waals surface area (Å²) >= 11 is 0. The van der Waals surface area contributed by atoms with Crippen molar-refractivity contribution in [3.63, 3.8) is 0 Å². The van der Waals surface area contributed by atoms with Crippen LogP contribution in [-0.2, 0) is 9.53 Å². The molecular weight excluding hydrogens is 228 g/mol. The van der Waals surface area contributed by atoms with E-state index < -0.39 is 0 Å². The van der Waals surface area contributed by atoms with Gasteiger partial charge in [-0.1, -0.05) is 13.3 Å². The molecular formula is C14H24N2O2. The predicted octanol–water partition coefficient (Wildman–Crippen LogP) is 1.64. The van der Waals surface area contributed by atoms with Crippen LogP contribution in [0.3, 0.4) is 0 Å². The van der Waals surface area contributed by atoms with E-state index in [1.807, 2.05) is 6.92 Å². The topological polar surface area (TPSA) is 41.6 Å². The molecule has 0 aromatic rings. The zero-order valence-electron chi connectivity index (χ0n) is 11.4. The molecule has 102 valence electrons. The van der Waals surface area contributed by atoms with Crippen molar-refractivity contribution in [3.8, 4) is 0 Å². The number of amides is 1. The fourth-order valence-electron chi connectivity index (χ4n) is 3.36. The van der Waals surface area contributed by atoms with Gasteiger partial charge in [-0.15, -0.1) is 0 Å². The van der Waals surface area contributed by atoms with Crippen molar-refractivity contribution in [2.24, 2.45) is 0 Å². The Morgan fingerprint density at radius 1 is 1.39 bits per heavy atom. The van der Waals surface area contributed by atoms with Gasteiger partial charge in [0.1, 0.15) is 0 Å². The molecule has 1 heterocycles. The Balaban J connectivity index is 1.64. The Morgan fingerprint density at radius 3 is 2.67 bits per heavy atom. The Morgan fingerprint density at radius 2 is 2.11 bits per heavy atom. The summed E-state index contributed by atoms with van der Waals surface area (Å²) in [6, 6.07) is 0.415. The van der Waals surface area contributed by atoms with E-state index in [0.717, 1.165) is 45.1 Å². The van der Waals surface area contributed by atoms with E-state index in [4.69, 9.17) is 4.74 Å². The van der Waals surface area contributed by atoms with E-state index in [1.54, 1.807) is 0 Å². The number of nitrogens with zero attached hydrogens (tertiary/aromatic N) is 1. The Labute approximate surface area is 109 Å². The smallest absolute Gasteiger partial charge is 0.244 e. The number of hydrogen-bond donors (Lipinski definition) is 1. The molecule has 1 spiro atoms. The molecule has 0 bridgehead atoms. The molecule has 0 radical (unpaired) electrons. The van der Waals surface area contributed by atoms with Gasteiger partial charge in [-0.25, -0.2) is 0 Å². The van der Waals surface area contributed by atoms with Crippen molar-refractivity contribution < 1.29 is 9.53 Å². The second-order valence-corrected chi connectivity index (χ2v) is 5.95. The highest BCUT2D eigenvalue weighted by molar-refractivity contribution is 5.92. The van der Waals surface area contributed by atoms with Gasteiger partial charge < -0.3 is 9.64 Å². The van der Waals surface area contributed by atoms with Gasteiger partial charge >= 0.3 is 0 Å². The van der Waals surface area contributed by atoms with Gasteiger partial charge in [-0.2, -0.15) is 0 Å². The molecule has 1 amide bonds. The molecule has 3 fully saturated rings. The molecule has 0 aromatic carbocycles. The fraction of sp³-hybridized carbons (Fsp3) is 0.929. The van der Waals surface area contributed by atoms with Crippen molar-refractivity contribution in [3.05, 3.63) is 0 Å². The molecule has 1 N–H and O–H groups in total. The number of nitrogens with one attached hydrogen (secondary N) is 1. The van der Waals surface area contributed by atoms with E-state index in [-0.39, 0.29) is 11.7 Å². The van der Waals surface area contributed by atoms with Crippen LogP contribution in [0.25, 0.3) is 0 Å². The summed E-state index contributed by atoms with van der Waals surface area (Å²) in [4.78, 5) is 14.6. The predicted molar refractivity (Wildman–Crippen MR) is 69.1 cm³/mol. The molecule has 2 saturated carbocycles. The maximum Gasteiger partial charge on any atom is 0.244 e. The van der Waals surface area contributed by atoms with E-state index in [2.05, 4.69) is 17.1 Å². The second kappa shape index (κ2) is 4.49. The highest BCUT2D eigenvalue weighted by atomic mass is 16.5. The van der Waals surface area contributed by atoms with Crippen molar-refractivity contribution >= 4 is 5.91 Å². The number of carbonyl (C=O) groups excluding carboxylic acids is 1. The first-order chi connectivity index (χ1) is 8.70. The first-order valence-electron chi connectivity index (χ1n) is 7.42. The lowest BCUT2D eigenvalue weighted by molar-refractivity contribution is -0.139. The minimum Gasteiger partial charge on any atom is -0.378 e. The van der Waals surface area contributed by atoms with Crippen LogP contribution >= 0.6 is 0 Å². The van der Waals surface area contributed by atoms with Crippen LogP contribution in [0.4, 0.5) is 0 Å². The zero-order chi connectivity index (χ0) is 12.8. The maximum absolute atomic E-state index is 12.5. The highest BCUT2D eigenvalue weighted by Gasteiger charge is 2.60. The van der Waals surface area contributed by atoms with Crippen molar-refractivity contribution in [1.29, 1.82) is 0 Å². The second-order valence-electron chi connectivity index (χ2n) is 5.95. The summed E-state index contributed by atoms with van der Waals surface area (Å²) in [7, 11) is 0. The van der Waals surface area contributed by atoms with Gasteiger partial charge in [0.2, 0.25) is 5.91 Å². The first-order valence-corrected chi connectivity index (χ1v) is 7.42. The van der Waals surface area contributed by atoms with Crippen LogP contribution in [0.15, 0.2) is 0 Å². The van der Waals surface area contributed by atoms with Crippen LogP contribution < -0.4 is 5.32 Å². The number of hydrogen-bond acceptors (Lipinski definition) is 3. The zero-order valence-corrected chi connectivity index (χ0v) is 11.4. The van der Waals surface area contributed by atoms with Crippen LogP contribution in [0, 0.1) is 0 Å². The highest BCUT2D eigenvalue weighted by Crippen LogP contribution is 2.45. The average molecular weight is 252 g/mol. The summed E-state index contributed by atoms with van der Waals surface area (Å²) < 4.78 is 5.61. The third kappa shape index (κ3) is 1.86. The van der Waals surface area contributed by atoms with Gasteiger partial charge in [-0.05, 0) is 39.0 Å². The molecule has 18 heavy (non-hydrogen) atoms. The minimum absolute atomic E-state index is 0.156. The van der Waals surface area contributed by atoms with Crippen LogP contribution in [-0.4, -0.2) is 41.3 Å². The molecule has 2 aliphatic carbocycles. The average Bonchev–Trinajstić information content (AvgIpc) is 3.01. The number of carbonyl (C=O) groups is 1. The lowest BCUT2D eigenvalue weighted by Crippen LogP contribution is -2.53. The molecule has 1 aliphatic heterocycles. The summed E-state index contributed by atoms with van der Waals surface area (Å²) in [5, 5.41) is 3.57. The Bertz CT molecular complexity index is 335. The standard InChI is InChI=1S/C14H24N2O2/c1-3-5-12-15-14(6-7-14)13(17)16(12)10-8-11(9-10)18-4-2/h10-12,15H,3-9H2,1-2H3. The summed E-state index contributed by atoms with van der Waals surface area (Å²) in [6.07, 6.45) is 6.97. The molecule has 1 atom stereocenters. The SMILES string of the molecule is CCCC1NC2(CC2)C(=O)N1C1CC(OCC)C1. The summed E-state index contributed by atoms with van der Waals surface area (Å²) in [5.41, 5.74) is -0.156. The maximum atomic E-state index is 12.5. The van der Waals surface area contributed by atoms with Crippen molar-refractivity contribution in [1.82, 2.24) is 10.2 Å². The quantitative estimate of drug-likeness (QED) is 0.809. The Kier molecular flexibility index (Phi) is 3.10. The largest absolute Gasteiger partial charge is 0.378 e. The minimum atomic E-state index is -0.156. The molecule has 4 heteroatoms.